The zero-order chi connectivity index (χ0) is 24.3. The highest BCUT2D eigenvalue weighted by Crippen LogP contribution is 2.30. The van der Waals surface area contributed by atoms with Gasteiger partial charge in [0.25, 0.3) is 17.4 Å². The Morgan fingerprint density at radius 1 is 1.09 bits per heavy atom. The lowest BCUT2D eigenvalue weighted by molar-refractivity contribution is -0.137. The number of pyridine rings is 2. The van der Waals surface area contributed by atoms with Crippen LogP contribution in [0.2, 0.25) is 0 Å². The summed E-state index contributed by atoms with van der Waals surface area (Å²) in [6.07, 6.45) is -1.52. The molecule has 0 radical (unpaired) electrons. The van der Waals surface area contributed by atoms with E-state index in [1.54, 1.807) is 18.3 Å². The molecule has 0 aliphatic carbocycles. The van der Waals surface area contributed by atoms with Gasteiger partial charge in [0.15, 0.2) is 0 Å². The molecule has 2 heterocycles. The van der Waals surface area contributed by atoms with Crippen LogP contribution in [0.15, 0.2) is 59.7 Å². The highest BCUT2D eigenvalue weighted by atomic mass is 19.4. The molecule has 10 heteroatoms. The zero-order valence-electron chi connectivity index (χ0n) is 18.1. The molecule has 0 saturated heterocycles. The van der Waals surface area contributed by atoms with E-state index in [0.29, 0.717) is 5.56 Å². The zero-order valence-corrected chi connectivity index (χ0v) is 18.1. The van der Waals surface area contributed by atoms with Gasteiger partial charge in [0.2, 0.25) is 0 Å². The molecule has 172 valence electrons. The van der Waals surface area contributed by atoms with Crippen molar-refractivity contribution in [3.63, 3.8) is 0 Å². The van der Waals surface area contributed by atoms with Gasteiger partial charge in [-0.3, -0.25) is 23.9 Å². The number of nitrogens with one attached hydrogen (secondary N) is 1. The van der Waals surface area contributed by atoms with Crippen LogP contribution in [0.1, 0.15) is 37.5 Å². The smallest absolute Gasteiger partial charge is 0.348 e. The summed E-state index contributed by atoms with van der Waals surface area (Å²) in [5.74, 6) is -1.27. The second-order valence-electron chi connectivity index (χ2n) is 7.49. The molecule has 0 fully saturated rings. The summed E-state index contributed by atoms with van der Waals surface area (Å²) >= 11 is 0. The van der Waals surface area contributed by atoms with Crippen molar-refractivity contribution in [3.8, 4) is 5.69 Å². The second-order valence-corrected chi connectivity index (χ2v) is 7.49. The standard InChI is InChI=1S/C23H21F3N4O3/c1-14-18(21(32)29(2)3)11-19(20(31)28-13-15-6-5-9-27-12-15)22(33)30(14)17-8-4-7-16(10-17)23(24,25)26/h4-12H,13H2,1-3H3,(H,28,31). The van der Waals surface area contributed by atoms with E-state index in [2.05, 4.69) is 10.3 Å². The third kappa shape index (κ3) is 5.11. The molecule has 3 aromatic rings. The first-order valence-corrected chi connectivity index (χ1v) is 9.83. The lowest BCUT2D eigenvalue weighted by atomic mass is 10.1. The normalized spacial score (nSPS) is 11.2. The fraction of sp³-hybridized carbons (Fsp3) is 0.217. The van der Waals surface area contributed by atoms with Gasteiger partial charge in [-0.1, -0.05) is 12.1 Å². The maximum atomic E-state index is 13.2. The summed E-state index contributed by atoms with van der Waals surface area (Å²) in [4.78, 5) is 44.0. The molecule has 0 aliphatic heterocycles. The maximum Gasteiger partial charge on any atom is 0.416 e. The maximum absolute atomic E-state index is 13.2. The molecule has 0 atom stereocenters. The van der Waals surface area contributed by atoms with Crippen LogP contribution in [-0.2, 0) is 12.7 Å². The lowest BCUT2D eigenvalue weighted by Crippen LogP contribution is -2.35. The third-order valence-corrected chi connectivity index (χ3v) is 4.94. The molecule has 2 amide bonds. The van der Waals surface area contributed by atoms with Crippen molar-refractivity contribution in [1.29, 1.82) is 0 Å². The number of aromatic nitrogens is 2. The predicted molar refractivity (Wildman–Crippen MR) is 115 cm³/mol. The minimum Gasteiger partial charge on any atom is -0.348 e. The summed E-state index contributed by atoms with van der Waals surface area (Å²) in [6, 6.07) is 8.72. The number of halogens is 3. The Kier molecular flexibility index (Phi) is 6.66. The van der Waals surface area contributed by atoms with E-state index < -0.39 is 29.1 Å². The van der Waals surface area contributed by atoms with Gasteiger partial charge in [-0.05, 0) is 42.8 Å². The highest BCUT2D eigenvalue weighted by molar-refractivity contribution is 6.00. The van der Waals surface area contributed by atoms with Crippen LogP contribution in [0.3, 0.4) is 0 Å². The minimum absolute atomic E-state index is 0.0172. The molecule has 0 unspecified atom stereocenters. The Bertz CT molecular complexity index is 1250. The van der Waals surface area contributed by atoms with Gasteiger partial charge >= 0.3 is 6.18 Å². The van der Waals surface area contributed by atoms with Gasteiger partial charge in [0, 0.05) is 44.4 Å². The SMILES string of the molecule is Cc1c(C(=O)N(C)C)cc(C(=O)NCc2cccnc2)c(=O)n1-c1cccc(C(F)(F)F)c1. The number of carbonyl (C=O) groups excluding carboxylic acids is 2. The van der Waals surface area contributed by atoms with Gasteiger partial charge in [-0.2, -0.15) is 13.2 Å². The molecule has 0 bridgehead atoms. The van der Waals surface area contributed by atoms with Crippen molar-refractivity contribution in [2.24, 2.45) is 0 Å². The Balaban J connectivity index is 2.15. The van der Waals surface area contributed by atoms with E-state index in [9.17, 15) is 27.6 Å². The summed E-state index contributed by atoms with van der Waals surface area (Å²) in [5, 5.41) is 2.59. The van der Waals surface area contributed by atoms with Crippen LogP contribution in [0.4, 0.5) is 13.2 Å². The molecular weight excluding hydrogens is 437 g/mol. The van der Waals surface area contributed by atoms with Crippen LogP contribution in [0.5, 0.6) is 0 Å². The summed E-state index contributed by atoms with van der Waals surface area (Å²) in [7, 11) is 2.98. The molecule has 33 heavy (non-hydrogen) atoms. The first-order chi connectivity index (χ1) is 15.5. The van der Waals surface area contributed by atoms with Crippen LogP contribution in [0.25, 0.3) is 5.69 Å². The monoisotopic (exact) mass is 458 g/mol. The van der Waals surface area contributed by atoms with E-state index in [-0.39, 0.29) is 29.1 Å². The number of nitrogens with zero attached hydrogens (tertiary/aromatic N) is 3. The van der Waals surface area contributed by atoms with Crippen LogP contribution < -0.4 is 10.9 Å². The molecule has 0 saturated carbocycles. The van der Waals surface area contributed by atoms with Crippen molar-refractivity contribution in [2.75, 3.05) is 14.1 Å². The van der Waals surface area contributed by atoms with Crippen molar-refractivity contribution in [3.05, 3.63) is 93.2 Å². The molecule has 7 nitrogen and oxygen atoms in total. The topological polar surface area (TPSA) is 84.3 Å². The summed E-state index contributed by atoms with van der Waals surface area (Å²) < 4.78 is 40.7. The highest BCUT2D eigenvalue weighted by Gasteiger charge is 2.31. The van der Waals surface area contributed by atoms with E-state index in [4.69, 9.17) is 0 Å². The van der Waals surface area contributed by atoms with Crippen molar-refractivity contribution >= 4 is 11.8 Å². The second kappa shape index (κ2) is 9.27. The molecule has 0 aliphatic rings. The summed E-state index contributed by atoms with van der Waals surface area (Å²) in [5.41, 5.74) is -1.47. The predicted octanol–water partition coefficient (Wildman–Crippen LogP) is 3.19. The van der Waals surface area contributed by atoms with E-state index in [0.717, 1.165) is 22.8 Å². The van der Waals surface area contributed by atoms with Crippen molar-refractivity contribution in [1.82, 2.24) is 19.8 Å². The number of alkyl halides is 3. The molecule has 0 spiro atoms. The first kappa shape index (κ1) is 23.7. The first-order valence-electron chi connectivity index (χ1n) is 9.83. The van der Waals surface area contributed by atoms with Crippen LogP contribution in [-0.4, -0.2) is 40.4 Å². The molecule has 1 N–H and O–H groups in total. The molecule has 1 aromatic carbocycles. The van der Waals surface area contributed by atoms with E-state index >= 15 is 0 Å². The van der Waals surface area contributed by atoms with Gasteiger partial charge < -0.3 is 10.2 Å². The van der Waals surface area contributed by atoms with Crippen LogP contribution >= 0.6 is 0 Å². The third-order valence-electron chi connectivity index (χ3n) is 4.94. The lowest BCUT2D eigenvalue weighted by Gasteiger charge is -2.19. The molecule has 3 rings (SSSR count). The van der Waals surface area contributed by atoms with Gasteiger partial charge in [0.1, 0.15) is 5.56 Å². The summed E-state index contributed by atoms with van der Waals surface area (Å²) in [6.45, 7) is 1.51. The Labute approximate surface area is 187 Å². The number of hydrogen-bond acceptors (Lipinski definition) is 4. The Hall–Kier alpha value is -3.95. The Morgan fingerprint density at radius 3 is 2.42 bits per heavy atom. The number of carbonyl (C=O) groups is 2. The van der Waals surface area contributed by atoms with Crippen molar-refractivity contribution < 1.29 is 22.8 Å². The van der Waals surface area contributed by atoms with Gasteiger partial charge in [-0.15, -0.1) is 0 Å². The number of amides is 2. The number of rotatable bonds is 5. The van der Waals surface area contributed by atoms with Gasteiger partial charge in [0.05, 0.1) is 11.1 Å². The fourth-order valence-corrected chi connectivity index (χ4v) is 3.24. The molecular formula is C23H21F3N4O3. The van der Waals surface area contributed by atoms with Crippen LogP contribution in [0, 0.1) is 6.92 Å². The van der Waals surface area contributed by atoms with E-state index in [1.165, 1.54) is 44.2 Å². The minimum atomic E-state index is -4.63. The molecule has 2 aromatic heterocycles. The average molecular weight is 458 g/mol. The number of benzene rings is 1. The largest absolute Gasteiger partial charge is 0.416 e. The van der Waals surface area contributed by atoms with Crippen molar-refractivity contribution in [2.45, 2.75) is 19.6 Å². The van der Waals surface area contributed by atoms with E-state index in [1.807, 2.05) is 0 Å². The fourth-order valence-electron chi connectivity index (χ4n) is 3.24. The van der Waals surface area contributed by atoms with Gasteiger partial charge in [-0.25, -0.2) is 0 Å². The average Bonchev–Trinajstić information content (AvgIpc) is 2.77. The number of hydrogen-bond donors (Lipinski definition) is 1. The quantitative estimate of drug-likeness (QED) is 0.637. The Morgan fingerprint density at radius 2 is 1.82 bits per heavy atom.